The van der Waals surface area contributed by atoms with Gasteiger partial charge in [-0.3, -0.25) is 4.79 Å². The number of hydrogen-bond acceptors (Lipinski definition) is 5. The highest BCUT2D eigenvalue weighted by atomic mass is 16.6. The standard InChI is InChI=1S/C13H15NO5/c15-8-12-13(16)14(3-4-17-12)9-1-2-10-11(7-9)19-6-5-18-10/h1-2,7,12,15H,3-6,8H2. The largest absolute Gasteiger partial charge is 0.486 e. The molecule has 2 aliphatic rings. The number of carbonyl (C=O) groups excluding carboxylic acids is 1. The molecule has 1 unspecified atom stereocenters. The number of aliphatic hydroxyl groups excluding tert-OH is 1. The number of nitrogens with zero attached hydrogens (tertiary/aromatic N) is 1. The summed E-state index contributed by atoms with van der Waals surface area (Å²) in [5.41, 5.74) is 0.732. The maximum atomic E-state index is 12.1. The highest BCUT2D eigenvalue weighted by Crippen LogP contribution is 2.34. The van der Waals surface area contributed by atoms with Gasteiger partial charge >= 0.3 is 0 Å². The van der Waals surface area contributed by atoms with Crippen LogP contribution in [0.25, 0.3) is 0 Å². The van der Waals surface area contributed by atoms with Crippen LogP contribution in [0.5, 0.6) is 11.5 Å². The number of amides is 1. The molecule has 6 heteroatoms. The first-order valence-corrected chi connectivity index (χ1v) is 6.23. The van der Waals surface area contributed by atoms with Gasteiger partial charge in [0.1, 0.15) is 13.2 Å². The molecule has 1 N–H and O–H groups in total. The zero-order valence-electron chi connectivity index (χ0n) is 10.4. The molecule has 3 rings (SSSR count). The molecule has 6 nitrogen and oxygen atoms in total. The minimum Gasteiger partial charge on any atom is -0.486 e. The van der Waals surface area contributed by atoms with Crippen molar-refractivity contribution in [3.63, 3.8) is 0 Å². The molecule has 1 amide bonds. The molecule has 2 heterocycles. The van der Waals surface area contributed by atoms with E-state index in [1.165, 1.54) is 0 Å². The van der Waals surface area contributed by atoms with Crippen molar-refractivity contribution in [2.45, 2.75) is 6.10 Å². The molecule has 19 heavy (non-hydrogen) atoms. The number of anilines is 1. The van der Waals surface area contributed by atoms with Gasteiger partial charge in [-0.25, -0.2) is 0 Å². The van der Waals surface area contributed by atoms with E-state index in [1.807, 2.05) is 6.07 Å². The lowest BCUT2D eigenvalue weighted by Gasteiger charge is -2.32. The Hall–Kier alpha value is -1.79. The fourth-order valence-corrected chi connectivity index (χ4v) is 2.23. The topological polar surface area (TPSA) is 68.2 Å². The number of carbonyl (C=O) groups is 1. The third kappa shape index (κ3) is 2.24. The molecule has 1 saturated heterocycles. The summed E-state index contributed by atoms with van der Waals surface area (Å²) in [5, 5.41) is 9.10. The Kier molecular flexibility index (Phi) is 3.27. The number of fused-ring (bicyclic) bond motifs is 1. The molecular formula is C13H15NO5. The van der Waals surface area contributed by atoms with Gasteiger partial charge in [0.05, 0.1) is 13.2 Å². The summed E-state index contributed by atoms with van der Waals surface area (Å²) in [7, 11) is 0. The molecule has 1 aromatic rings. The number of hydrogen-bond donors (Lipinski definition) is 1. The second kappa shape index (κ2) is 5.07. The van der Waals surface area contributed by atoms with E-state index in [-0.39, 0.29) is 12.5 Å². The molecule has 2 aliphatic heterocycles. The first-order chi connectivity index (χ1) is 9.29. The summed E-state index contributed by atoms with van der Waals surface area (Å²) >= 11 is 0. The molecule has 1 aromatic carbocycles. The van der Waals surface area contributed by atoms with Gasteiger partial charge in [0.2, 0.25) is 0 Å². The van der Waals surface area contributed by atoms with Crippen molar-refractivity contribution in [1.82, 2.24) is 0 Å². The Bertz CT molecular complexity index is 490. The number of ether oxygens (including phenoxy) is 3. The second-order valence-electron chi connectivity index (χ2n) is 4.36. The fraction of sp³-hybridized carbons (Fsp3) is 0.462. The molecule has 0 aliphatic carbocycles. The fourth-order valence-electron chi connectivity index (χ4n) is 2.23. The lowest BCUT2D eigenvalue weighted by Crippen LogP contribution is -2.49. The van der Waals surface area contributed by atoms with E-state index in [2.05, 4.69) is 0 Å². The van der Waals surface area contributed by atoms with Crippen LogP contribution in [0, 0.1) is 0 Å². The van der Waals surface area contributed by atoms with Crippen molar-refractivity contribution < 1.29 is 24.1 Å². The van der Waals surface area contributed by atoms with Gasteiger partial charge in [0.15, 0.2) is 17.6 Å². The minimum absolute atomic E-state index is 0.231. The average molecular weight is 265 g/mol. The maximum absolute atomic E-state index is 12.1. The smallest absolute Gasteiger partial charge is 0.258 e. The van der Waals surface area contributed by atoms with Crippen molar-refractivity contribution in [3.05, 3.63) is 18.2 Å². The predicted molar refractivity (Wildman–Crippen MR) is 66.6 cm³/mol. The van der Waals surface area contributed by atoms with E-state index in [4.69, 9.17) is 19.3 Å². The normalized spacial score (nSPS) is 22.5. The summed E-state index contributed by atoms with van der Waals surface area (Å²) in [6.45, 7) is 1.61. The highest BCUT2D eigenvalue weighted by Gasteiger charge is 2.30. The SMILES string of the molecule is O=C1C(CO)OCCN1c1ccc2c(c1)OCCO2. The van der Waals surface area contributed by atoms with Gasteiger partial charge in [-0.2, -0.15) is 0 Å². The molecule has 0 spiro atoms. The molecule has 0 bridgehead atoms. The van der Waals surface area contributed by atoms with Crippen LogP contribution >= 0.6 is 0 Å². The summed E-state index contributed by atoms with van der Waals surface area (Å²) in [5.74, 6) is 1.10. The van der Waals surface area contributed by atoms with Crippen molar-refractivity contribution in [2.75, 3.05) is 37.9 Å². The molecule has 1 atom stereocenters. The highest BCUT2D eigenvalue weighted by molar-refractivity contribution is 5.97. The zero-order chi connectivity index (χ0) is 13.2. The summed E-state index contributed by atoms with van der Waals surface area (Å²) in [6, 6.07) is 5.39. The van der Waals surface area contributed by atoms with Gasteiger partial charge < -0.3 is 24.2 Å². The number of morpholine rings is 1. The monoisotopic (exact) mass is 265 g/mol. The Balaban J connectivity index is 1.87. The molecule has 1 fully saturated rings. The number of benzene rings is 1. The van der Waals surface area contributed by atoms with E-state index in [9.17, 15) is 4.79 Å². The lowest BCUT2D eigenvalue weighted by atomic mass is 10.2. The zero-order valence-corrected chi connectivity index (χ0v) is 10.4. The lowest BCUT2D eigenvalue weighted by molar-refractivity contribution is -0.136. The van der Waals surface area contributed by atoms with Crippen LogP contribution in [-0.2, 0) is 9.53 Å². The van der Waals surface area contributed by atoms with E-state index in [0.717, 1.165) is 5.69 Å². The van der Waals surface area contributed by atoms with Crippen LogP contribution in [-0.4, -0.2) is 50.1 Å². The molecule has 0 saturated carbocycles. The molecular weight excluding hydrogens is 250 g/mol. The van der Waals surface area contributed by atoms with E-state index in [1.54, 1.807) is 17.0 Å². The van der Waals surface area contributed by atoms with Crippen LogP contribution in [0.15, 0.2) is 18.2 Å². The van der Waals surface area contributed by atoms with Crippen molar-refractivity contribution in [1.29, 1.82) is 0 Å². The van der Waals surface area contributed by atoms with Crippen LogP contribution in [0.1, 0.15) is 0 Å². The van der Waals surface area contributed by atoms with Crippen molar-refractivity contribution >= 4 is 11.6 Å². The molecule has 102 valence electrons. The quantitative estimate of drug-likeness (QED) is 0.826. The van der Waals surface area contributed by atoms with E-state index in [0.29, 0.717) is 37.9 Å². The predicted octanol–water partition coefficient (Wildman–Crippen LogP) is 0.182. The number of aliphatic hydroxyl groups is 1. The Labute approximate surface area is 110 Å². The van der Waals surface area contributed by atoms with E-state index < -0.39 is 6.10 Å². The Morgan fingerprint density at radius 2 is 2.00 bits per heavy atom. The van der Waals surface area contributed by atoms with Crippen molar-refractivity contribution in [2.24, 2.45) is 0 Å². The van der Waals surface area contributed by atoms with Gasteiger partial charge in [-0.05, 0) is 12.1 Å². The maximum Gasteiger partial charge on any atom is 0.258 e. The van der Waals surface area contributed by atoms with Gasteiger partial charge in [0, 0.05) is 18.3 Å². The third-order valence-corrected chi connectivity index (χ3v) is 3.18. The Morgan fingerprint density at radius 1 is 1.21 bits per heavy atom. The second-order valence-corrected chi connectivity index (χ2v) is 4.36. The van der Waals surface area contributed by atoms with Crippen LogP contribution in [0.2, 0.25) is 0 Å². The van der Waals surface area contributed by atoms with Crippen LogP contribution < -0.4 is 14.4 Å². The van der Waals surface area contributed by atoms with E-state index >= 15 is 0 Å². The van der Waals surface area contributed by atoms with Gasteiger partial charge in [0.25, 0.3) is 5.91 Å². The molecule has 0 aromatic heterocycles. The summed E-state index contributed by atoms with van der Waals surface area (Å²) in [6.07, 6.45) is -0.776. The first-order valence-electron chi connectivity index (χ1n) is 6.23. The van der Waals surface area contributed by atoms with Crippen LogP contribution in [0.4, 0.5) is 5.69 Å². The third-order valence-electron chi connectivity index (χ3n) is 3.18. The average Bonchev–Trinajstić information content (AvgIpc) is 2.47. The van der Waals surface area contributed by atoms with Gasteiger partial charge in [-0.15, -0.1) is 0 Å². The number of rotatable bonds is 2. The van der Waals surface area contributed by atoms with Crippen molar-refractivity contribution in [3.8, 4) is 11.5 Å². The Morgan fingerprint density at radius 3 is 2.79 bits per heavy atom. The van der Waals surface area contributed by atoms with Gasteiger partial charge in [-0.1, -0.05) is 0 Å². The van der Waals surface area contributed by atoms with Crippen LogP contribution in [0.3, 0.4) is 0 Å². The summed E-state index contributed by atoms with van der Waals surface area (Å²) in [4.78, 5) is 13.7. The minimum atomic E-state index is -0.776. The first kappa shape index (κ1) is 12.3. The summed E-state index contributed by atoms with van der Waals surface area (Å²) < 4.78 is 16.1. The molecule has 0 radical (unpaired) electrons.